The highest BCUT2D eigenvalue weighted by atomic mass is 32.3. The van der Waals surface area contributed by atoms with Gasteiger partial charge in [-0.25, -0.2) is 4.79 Å². The van der Waals surface area contributed by atoms with Crippen LogP contribution in [0.25, 0.3) is 0 Å². The lowest BCUT2D eigenvalue weighted by molar-refractivity contribution is 0.0240. The van der Waals surface area contributed by atoms with Crippen LogP contribution in [-0.4, -0.2) is 51.2 Å². The van der Waals surface area contributed by atoms with E-state index in [9.17, 15) is 17.1 Å². The summed E-state index contributed by atoms with van der Waals surface area (Å²) < 4.78 is 45.2. The first-order valence-corrected chi connectivity index (χ1v) is 10.3. The lowest BCUT2D eigenvalue weighted by Crippen LogP contribution is -2.50. The number of carbonyl (C=O) groups is 1. The number of ether oxygens (including phenoxy) is 1. The van der Waals surface area contributed by atoms with Gasteiger partial charge in [0.25, 0.3) is 0 Å². The zero-order valence-electron chi connectivity index (χ0n) is 16.9. The van der Waals surface area contributed by atoms with E-state index >= 15 is 0 Å². The van der Waals surface area contributed by atoms with Gasteiger partial charge in [-0.05, 0) is 51.8 Å². The third kappa shape index (κ3) is 5.48. The van der Waals surface area contributed by atoms with Crippen molar-refractivity contribution in [1.29, 1.82) is 0 Å². The lowest BCUT2D eigenvalue weighted by atomic mass is 10.0. The number of hydrogen-bond donors (Lipinski definition) is 1. The van der Waals surface area contributed by atoms with Crippen molar-refractivity contribution in [3.05, 3.63) is 22.8 Å². The topological polar surface area (TPSA) is 102 Å². The maximum absolute atomic E-state index is 13.2. The molecule has 0 saturated carbocycles. The van der Waals surface area contributed by atoms with Crippen molar-refractivity contribution in [3.63, 3.8) is 0 Å². The Morgan fingerprint density at radius 1 is 1.18 bits per heavy atom. The van der Waals surface area contributed by atoms with Gasteiger partial charge in [0.2, 0.25) is 0 Å². The molecule has 0 atom stereocenters. The Bertz CT molecular complexity index is 844. The Balaban J connectivity index is 2.25. The first-order valence-electron chi connectivity index (χ1n) is 9.02. The summed E-state index contributed by atoms with van der Waals surface area (Å²) in [5.41, 5.74) is 7.55. The SMILES string of the molecule is Cc1c(CN)cc(N2CCN(C(=O)OC(C)(C)C)CC2)c(C)c1OS(=O)(=O)F. The molecule has 2 rings (SSSR count). The molecule has 0 bridgehead atoms. The highest BCUT2D eigenvalue weighted by Gasteiger charge is 2.28. The van der Waals surface area contributed by atoms with E-state index in [0.29, 0.717) is 48.6 Å². The summed E-state index contributed by atoms with van der Waals surface area (Å²) in [6, 6.07) is 1.85. The van der Waals surface area contributed by atoms with Crippen LogP contribution in [0, 0.1) is 13.8 Å². The Hall–Kier alpha value is -2.07. The monoisotopic (exact) mass is 417 g/mol. The normalized spacial score (nSPS) is 15.5. The minimum Gasteiger partial charge on any atom is -0.444 e. The van der Waals surface area contributed by atoms with Crippen LogP contribution in [0.5, 0.6) is 5.75 Å². The van der Waals surface area contributed by atoms with E-state index < -0.39 is 16.1 Å². The van der Waals surface area contributed by atoms with Gasteiger partial charge >= 0.3 is 16.6 Å². The van der Waals surface area contributed by atoms with Crippen molar-refractivity contribution in [2.24, 2.45) is 5.73 Å². The average Bonchev–Trinajstić information content (AvgIpc) is 2.57. The number of benzene rings is 1. The van der Waals surface area contributed by atoms with Crippen molar-refractivity contribution in [2.75, 3.05) is 31.1 Å². The minimum absolute atomic E-state index is 0.0463. The molecule has 1 aliphatic rings. The van der Waals surface area contributed by atoms with E-state index in [0.717, 1.165) is 0 Å². The first-order chi connectivity index (χ1) is 12.8. The number of carbonyl (C=O) groups excluding carboxylic acids is 1. The second-order valence-electron chi connectivity index (χ2n) is 7.77. The molecule has 8 nitrogen and oxygen atoms in total. The fraction of sp³-hybridized carbons (Fsp3) is 0.611. The Morgan fingerprint density at radius 2 is 1.75 bits per heavy atom. The van der Waals surface area contributed by atoms with E-state index in [2.05, 4.69) is 4.18 Å². The summed E-state index contributed by atoms with van der Waals surface area (Å²) in [6.45, 7) is 10.8. The van der Waals surface area contributed by atoms with Crippen LogP contribution in [0.2, 0.25) is 0 Å². The van der Waals surface area contributed by atoms with Crippen molar-refractivity contribution in [3.8, 4) is 5.75 Å². The van der Waals surface area contributed by atoms with Crippen LogP contribution in [0.15, 0.2) is 6.07 Å². The van der Waals surface area contributed by atoms with Gasteiger partial charge in [-0.3, -0.25) is 0 Å². The third-order valence-corrected chi connectivity index (χ3v) is 4.90. The standard InChI is InChI=1S/C18H28FN3O5S/c1-12-14(11-20)10-15(13(2)16(12)27-28(19,24)25)21-6-8-22(9-7-21)17(23)26-18(3,4)5/h10H,6-9,11,20H2,1-5H3. The zero-order valence-corrected chi connectivity index (χ0v) is 17.7. The maximum Gasteiger partial charge on any atom is 0.488 e. The van der Waals surface area contributed by atoms with Gasteiger partial charge in [0.15, 0.2) is 5.75 Å². The maximum atomic E-state index is 13.2. The molecule has 1 amide bonds. The number of piperazine rings is 1. The summed E-state index contributed by atoms with van der Waals surface area (Å²) in [4.78, 5) is 15.8. The fourth-order valence-electron chi connectivity index (χ4n) is 3.15. The molecule has 0 spiro atoms. The molecule has 158 valence electrons. The number of amides is 1. The summed E-state index contributed by atoms with van der Waals surface area (Å²) in [5.74, 6) is -0.0463. The number of rotatable bonds is 4. The van der Waals surface area contributed by atoms with Crippen LogP contribution < -0.4 is 14.8 Å². The quantitative estimate of drug-likeness (QED) is 0.751. The van der Waals surface area contributed by atoms with E-state index in [-0.39, 0.29) is 18.4 Å². The first kappa shape index (κ1) is 22.2. The van der Waals surface area contributed by atoms with Gasteiger partial charge in [-0.2, -0.15) is 8.42 Å². The highest BCUT2D eigenvalue weighted by molar-refractivity contribution is 7.81. The van der Waals surface area contributed by atoms with Gasteiger partial charge < -0.3 is 24.5 Å². The molecule has 0 radical (unpaired) electrons. The highest BCUT2D eigenvalue weighted by Crippen LogP contribution is 2.36. The molecule has 1 fully saturated rings. The Labute approximate surface area is 165 Å². The molecule has 1 saturated heterocycles. The number of hydrogen-bond acceptors (Lipinski definition) is 7. The van der Waals surface area contributed by atoms with E-state index in [1.807, 2.05) is 31.7 Å². The van der Waals surface area contributed by atoms with Crippen LogP contribution in [0.4, 0.5) is 14.4 Å². The molecular formula is C18H28FN3O5S. The van der Waals surface area contributed by atoms with Gasteiger partial charge in [-0.1, -0.05) is 3.89 Å². The van der Waals surface area contributed by atoms with Gasteiger partial charge in [0.1, 0.15) is 5.60 Å². The molecule has 1 aliphatic heterocycles. The third-order valence-electron chi connectivity index (χ3n) is 4.53. The van der Waals surface area contributed by atoms with E-state index in [1.165, 1.54) is 0 Å². The summed E-state index contributed by atoms with van der Waals surface area (Å²) in [6.07, 6.45) is -0.372. The van der Waals surface area contributed by atoms with Gasteiger partial charge in [0, 0.05) is 44.0 Å². The Morgan fingerprint density at radius 3 is 2.21 bits per heavy atom. The van der Waals surface area contributed by atoms with E-state index in [1.54, 1.807) is 18.7 Å². The number of nitrogens with zero attached hydrogens (tertiary/aromatic N) is 2. The van der Waals surface area contributed by atoms with Crippen molar-refractivity contribution < 1.29 is 26.0 Å². The molecule has 28 heavy (non-hydrogen) atoms. The molecular weight excluding hydrogens is 389 g/mol. The summed E-state index contributed by atoms with van der Waals surface area (Å²) >= 11 is 0. The fourth-order valence-corrected chi connectivity index (χ4v) is 3.60. The second-order valence-corrected chi connectivity index (χ2v) is 8.72. The second kappa shape index (κ2) is 8.12. The average molecular weight is 418 g/mol. The zero-order chi connectivity index (χ0) is 21.3. The molecule has 1 heterocycles. The lowest BCUT2D eigenvalue weighted by Gasteiger charge is -2.37. The molecule has 0 aromatic heterocycles. The molecule has 2 N–H and O–H groups in total. The predicted molar refractivity (Wildman–Crippen MR) is 104 cm³/mol. The van der Waals surface area contributed by atoms with Crippen molar-refractivity contribution >= 4 is 22.3 Å². The number of nitrogens with two attached hydrogens (primary N) is 1. The van der Waals surface area contributed by atoms with Gasteiger partial charge in [0.05, 0.1) is 0 Å². The largest absolute Gasteiger partial charge is 0.488 e. The van der Waals surface area contributed by atoms with Crippen LogP contribution >= 0.6 is 0 Å². The van der Waals surface area contributed by atoms with Gasteiger partial charge in [-0.15, -0.1) is 0 Å². The minimum atomic E-state index is -5.16. The molecule has 10 heteroatoms. The summed E-state index contributed by atoms with van der Waals surface area (Å²) in [7, 11) is -5.16. The van der Waals surface area contributed by atoms with E-state index in [4.69, 9.17) is 10.5 Å². The Kier molecular flexibility index (Phi) is 6.44. The molecule has 1 aromatic carbocycles. The number of anilines is 1. The van der Waals surface area contributed by atoms with Crippen LogP contribution in [0.3, 0.4) is 0 Å². The van der Waals surface area contributed by atoms with Crippen molar-refractivity contribution in [2.45, 2.75) is 46.8 Å². The van der Waals surface area contributed by atoms with Crippen LogP contribution in [0.1, 0.15) is 37.5 Å². The molecule has 0 aliphatic carbocycles. The number of halogens is 1. The van der Waals surface area contributed by atoms with Crippen LogP contribution in [-0.2, 0) is 21.8 Å². The molecule has 1 aromatic rings. The van der Waals surface area contributed by atoms with Crippen molar-refractivity contribution in [1.82, 2.24) is 4.90 Å². The summed E-state index contributed by atoms with van der Waals surface area (Å²) in [5, 5.41) is 0. The predicted octanol–water partition coefficient (Wildman–Crippen LogP) is 2.41. The smallest absolute Gasteiger partial charge is 0.444 e. The molecule has 0 unspecified atom stereocenters.